The van der Waals surface area contributed by atoms with Crippen molar-refractivity contribution in [2.45, 2.75) is 51.4 Å². The Bertz CT molecular complexity index is 644. The van der Waals surface area contributed by atoms with E-state index < -0.39 is 8.07 Å². The minimum Gasteiger partial charge on any atom is -0.490 e. The predicted octanol–water partition coefficient (Wildman–Crippen LogP) is 4.40. The Labute approximate surface area is 139 Å². The largest absolute Gasteiger partial charge is 0.490 e. The van der Waals surface area contributed by atoms with Gasteiger partial charge in [0, 0.05) is 26.4 Å². The predicted molar refractivity (Wildman–Crippen MR) is 95.4 cm³/mol. The fraction of sp³-hybridized carbons (Fsp3) is 0.500. The molecule has 23 heavy (non-hydrogen) atoms. The summed E-state index contributed by atoms with van der Waals surface area (Å²) >= 11 is 0. The smallest absolute Gasteiger partial charge is 0.139 e. The molecular weight excluding hydrogens is 304 g/mol. The topological polar surface area (TPSA) is 36.3 Å². The fourth-order valence-electron chi connectivity index (χ4n) is 2.26. The van der Waals surface area contributed by atoms with E-state index in [1.54, 1.807) is 0 Å². The maximum Gasteiger partial charge on any atom is 0.139 e. The van der Waals surface area contributed by atoms with Crippen molar-refractivity contribution in [3.63, 3.8) is 0 Å². The van der Waals surface area contributed by atoms with E-state index in [4.69, 9.17) is 9.47 Å². The van der Waals surface area contributed by atoms with Crippen molar-refractivity contribution in [2.75, 3.05) is 6.61 Å². The lowest BCUT2D eigenvalue weighted by Gasteiger charge is -2.15. The number of rotatable bonds is 8. The molecule has 4 nitrogen and oxygen atoms in total. The van der Waals surface area contributed by atoms with E-state index in [-0.39, 0.29) is 0 Å². The van der Waals surface area contributed by atoms with Crippen LogP contribution in [0.15, 0.2) is 36.5 Å². The average molecular weight is 331 g/mol. The minimum absolute atomic E-state index is 0.392. The van der Waals surface area contributed by atoms with Gasteiger partial charge in [-0.2, -0.15) is 5.10 Å². The Morgan fingerprint density at radius 3 is 2.70 bits per heavy atom. The summed E-state index contributed by atoms with van der Waals surface area (Å²) in [5.74, 6) is 0.930. The Morgan fingerprint density at radius 1 is 1.17 bits per heavy atom. The molecule has 1 heterocycles. The quantitative estimate of drug-likeness (QED) is 0.531. The number of aromatic nitrogens is 2. The first-order valence-corrected chi connectivity index (χ1v) is 12.1. The monoisotopic (exact) mass is 330 g/mol. The highest BCUT2D eigenvalue weighted by atomic mass is 28.3. The van der Waals surface area contributed by atoms with Crippen LogP contribution in [0, 0.1) is 0 Å². The second kappa shape index (κ2) is 6.89. The zero-order valence-electron chi connectivity index (χ0n) is 14.3. The van der Waals surface area contributed by atoms with Gasteiger partial charge >= 0.3 is 0 Å². The molecule has 0 N–H and O–H groups in total. The van der Waals surface area contributed by atoms with E-state index in [2.05, 4.69) is 30.8 Å². The van der Waals surface area contributed by atoms with Crippen LogP contribution in [0.2, 0.25) is 25.7 Å². The van der Waals surface area contributed by atoms with E-state index in [1.807, 2.05) is 35.1 Å². The number of para-hydroxylation sites is 1. The van der Waals surface area contributed by atoms with Gasteiger partial charge in [0.05, 0.1) is 11.8 Å². The molecule has 0 atom stereocenters. The molecular formula is C18H26N2O2Si. The summed E-state index contributed by atoms with van der Waals surface area (Å²) in [4.78, 5) is 0. The molecule has 5 heteroatoms. The normalized spacial score (nSPS) is 14.9. The van der Waals surface area contributed by atoms with Crippen LogP contribution >= 0.6 is 0 Å². The van der Waals surface area contributed by atoms with E-state index >= 15 is 0 Å². The molecule has 2 aromatic rings. The van der Waals surface area contributed by atoms with Gasteiger partial charge in [0.2, 0.25) is 0 Å². The molecule has 0 amide bonds. The highest BCUT2D eigenvalue weighted by Crippen LogP contribution is 2.33. The van der Waals surface area contributed by atoms with Gasteiger partial charge in [0.25, 0.3) is 0 Å². The lowest BCUT2D eigenvalue weighted by molar-refractivity contribution is 0.0787. The van der Waals surface area contributed by atoms with E-state index in [0.717, 1.165) is 36.5 Å². The lowest BCUT2D eigenvalue weighted by Crippen LogP contribution is -2.22. The van der Waals surface area contributed by atoms with Crippen molar-refractivity contribution in [3.05, 3.63) is 36.5 Å². The van der Waals surface area contributed by atoms with E-state index in [0.29, 0.717) is 12.8 Å². The Balaban J connectivity index is 1.60. The van der Waals surface area contributed by atoms with Gasteiger partial charge in [-0.25, -0.2) is 4.68 Å². The summed E-state index contributed by atoms with van der Waals surface area (Å²) < 4.78 is 13.6. The van der Waals surface area contributed by atoms with Crippen molar-refractivity contribution in [2.24, 2.45) is 0 Å². The third-order valence-electron chi connectivity index (χ3n) is 3.84. The van der Waals surface area contributed by atoms with Crippen molar-refractivity contribution in [1.82, 2.24) is 9.78 Å². The third-order valence-corrected chi connectivity index (χ3v) is 5.55. The molecule has 0 aliphatic heterocycles. The van der Waals surface area contributed by atoms with Crippen LogP contribution in [0.3, 0.4) is 0 Å². The van der Waals surface area contributed by atoms with Crippen molar-refractivity contribution in [1.29, 1.82) is 0 Å². The van der Waals surface area contributed by atoms with Gasteiger partial charge in [0.15, 0.2) is 0 Å². The number of hydrogen-bond donors (Lipinski definition) is 0. The standard InChI is InChI=1S/C18H26N2O2Si/c1-23(2,3)13-12-21-14-20-11-10-17(19-20)16-6-4-5-7-18(16)22-15-8-9-15/h4-7,10-11,15H,8-9,12-14H2,1-3H3. The first-order chi connectivity index (χ1) is 11.0. The molecule has 3 rings (SSSR count). The highest BCUT2D eigenvalue weighted by Gasteiger charge is 2.24. The van der Waals surface area contributed by atoms with Gasteiger partial charge in [-0.15, -0.1) is 0 Å². The SMILES string of the molecule is C[Si](C)(C)CCOCn1ccc(-c2ccccc2OC2CC2)n1. The Morgan fingerprint density at radius 2 is 1.96 bits per heavy atom. The first kappa shape index (κ1) is 16.3. The van der Waals surface area contributed by atoms with E-state index in [1.165, 1.54) is 6.04 Å². The molecule has 0 bridgehead atoms. The molecule has 1 aromatic carbocycles. The van der Waals surface area contributed by atoms with Crippen LogP contribution in [-0.4, -0.2) is 30.6 Å². The molecule has 1 aliphatic rings. The summed E-state index contributed by atoms with van der Waals surface area (Å²) in [5, 5.41) is 4.63. The van der Waals surface area contributed by atoms with Crippen molar-refractivity contribution in [3.8, 4) is 17.0 Å². The van der Waals surface area contributed by atoms with Crippen LogP contribution in [0.5, 0.6) is 5.75 Å². The lowest BCUT2D eigenvalue weighted by atomic mass is 10.1. The van der Waals surface area contributed by atoms with Crippen LogP contribution in [0.1, 0.15) is 12.8 Å². The number of benzene rings is 1. The second-order valence-corrected chi connectivity index (χ2v) is 13.0. The van der Waals surface area contributed by atoms with Gasteiger partial charge in [-0.1, -0.05) is 31.8 Å². The number of hydrogen-bond acceptors (Lipinski definition) is 3. The molecule has 0 radical (unpaired) electrons. The fourth-order valence-corrected chi connectivity index (χ4v) is 3.02. The maximum atomic E-state index is 5.98. The van der Waals surface area contributed by atoms with E-state index in [9.17, 15) is 0 Å². The average Bonchev–Trinajstić information content (AvgIpc) is 3.19. The molecule has 1 fully saturated rings. The minimum atomic E-state index is -1.03. The van der Waals surface area contributed by atoms with Crippen LogP contribution in [-0.2, 0) is 11.5 Å². The van der Waals surface area contributed by atoms with Crippen molar-refractivity contribution < 1.29 is 9.47 Å². The molecule has 124 valence electrons. The van der Waals surface area contributed by atoms with Crippen molar-refractivity contribution >= 4 is 8.07 Å². The third kappa shape index (κ3) is 4.94. The first-order valence-electron chi connectivity index (χ1n) is 8.38. The zero-order chi connectivity index (χ0) is 16.3. The molecule has 0 spiro atoms. The summed E-state index contributed by atoms with van der Waals surface area (Å²) in [6.45, 7) is 8.40. The van der Waals surface area contributed by atoms with Gasteiger partial charge in [-0.05, 0) is 37.1 Å². The van der Waals surface area contributed by atoms with Crippen LogP contribution in [0.25, 0.3) is 11.3 Å². The van der Waals surface area contributed by atoms with Gasteiger partial charge in [-0.3, -0.25) is 0 Å². The zero-order valence-corrected chi connectivity index (χ0v) is 15.3. The summed E-state index contributed by atoms with van der Waals surface area (Å²) in [5.41, 5.74) is 2.00. The van der Waals surface area contributed by atoms with Gasteiger partial charge in [0.1, 0.15) is 12.5 Å². The Kier molecular flexibility index (Phi) is 4.87. The van der Waals surface area contributed by atoms with Gasteiger partial charge < -0.3 is 9.47 Å². The molecule has 1 aromatic heterocycles. The maximum absolute atomic E-state index is 5.98. The summed E-state index contributed by atoms with van der Waals surface area (Å²) in [6, 6.07) is 11.3. The summed E-state index contributed by atoms with van der Waals surface area (Å²) in [6.07, 6.45) is 4.68. The molecule has 1 saturated carbocycles. The van der Waals surface area contributed by atoms with Crippen LogP contribution in [0.4, 0.5) is 0 Å². The van der Waals surface area contributed by atoms with Crippen LogP contribution < -0.4 is 4.74 Å². The highest BCUT2D eigenvalue weighted by molar-refractivity contribution is 6.76. The Hall–Kier alpha value is -1.59. The number of ether oxygens (including phenoxy) is 2. The molecule has 1 aliphatic carbocycles. The second-order valence-electron chi connectivity index (χ2n) is 7.40. The molecule has 0 saturated heterocycles. The number of nitrogens with zero attached hydrogens (tertiary/aromatic N) is 2. The summed E-state index contributed by atoms with van der Waals surface area (Å²) in [7, 11) is -1.03. The molecule has 0 unspecified atom stereocenters.